The molecule has 1 aromatic carbocycles. The van der Waals surface area contributed by atoms with Gasteiger partial charge in [0.15, 0.2) is 0 Å². The van der Waals surface area contributed by atoms with Gasteiger partial charge < -0.3 is 10.1 Å². The Bertz CT molecular complexity index is 615. The predicted octanol–water partition coefficient (Wildman–Crippen LogP) is 4.38. The van der Waals surface area contributed by atoms with E-state index in [2.05, 4.69) is 37.1 Å². The zero-order chi connectivity index (χ0) is 15.5. The first-order valence-corrected chi connectivity index (χ1v) is 7.29. The Hall–Kier alpha value is -1.87. The van der Waals surface area contributed by atoms with E-state index in [4.69, 9.17) is 4.74 Å². The Morgan fingerprint density at radius 3 is 2.48 bits per heavy atom. The molecule has 3 nitrogen and oxygen atoms in total. The highest BCUT2D eigenvalue weighted by Crippen LogP contribution is 2.24. The number of para-hydroxylation sites is 1. The first kappa shape index (κ1) is 15.5. The highest BCUT2D eigenvalue weighted by Gasteiger charge is 2.10. The van der Waals surface area contributed by atoms with Gasteiger partial charge in [-0.2, -0.15) is 0 Å². The molecular weight excluding hydrogens is 260 g/mol. The molecule has 21 heavy (non-hydrogen) atoms. The molecule has 1 heterocycles. The van der Waals surface area contributed by atoms with Crippen LogP contribution in [0.4, 0.5) is 0 Å². The lowest BCUT2D eigenvalue weighted by Gasteiger charge is -2.21. The van der Waals surface area contributed by atoms with E-state index in [9.17, 15) is 0 Å². The van der Waals surface area contributed by atoms with Gasteiger partial charge in [0.1, 0.15) is 5.75 Å². The lowest BCUT2D eigenvalue weighted by molar-refractivity contribution is 0.421. The first-order chi connectivity index (χ1) is 9.83. The van der Waals surface area contributed by atoms with Crippen LogP contribution in [0.5, 0.6) is 11.6 Å². The second kappa shape index (κ2) is 6.27. The van der Waals surface area contributed by atoms with Gasteiger partial charge in [-0.1, -0.05) is 18.2 Å². The molecule has 3 heteroatoms. The van der Waals surface area contributed by atoms with Crippen molar-refractivity contribution in [1.29, 1.82) is 0 Å². The summed E-state index contributed by atoms with van der Waals surface area (Å²) < 4.78 is 5.92. The summed E-state index contributed by atoms with van der Waals surface area (Å²) in [5, 5.41) is 3.48. The summed E-state index contributed by atoms with van der Waals surface area (Å²) in [6.07, 6.45) is 0. The van der Waals surface area contributed by atoms with Gasteiger partial charge in [-0.25, -0.2) is 4.98 Å². The molecule has 0 aliphatic rings. The van der Waals surface area contributed by atoms with Crippen molar-refractivity contribution in [1.82, 2.24) is 10.3 Å². The molecule has 0 amide bonds. The van der Waals surface area contributed by atoms with Gasteiger partial charge in [0.05, 0.1) is 0 Å². The van der Waals surface area contributed by atoms with Crippen molar-refractivity contribution in [3.05, 3.63) is 53.2 Å². The average Bonchev–Trinajstić information content (AvgIpc) is 2.38. The van der Waals surface area contributed by atoms with Gasteiger partial charge in [0.25, 0.3) is 0 Å². The van der Waals surface area contributed by atoms with E-state index in [-0.39, 0.29) is 5.54 Å². The summed E-state index contributed by atoms with van der Waals surface area (Å²) in [5.74, 6) is 1.50. The summed E-state index contributed by atoms with van der Waals surface area (Å²) in [4.78, 5) is 4.46. The Kier molecular flexibility index (Phi) is 4.63. The number of hydrogen-bond donors (Lipinski definition) is 1. The largest absolute Gasteiger partial charge is 0.439 e. The summed E-state index contributed by atoms with van der Waals surface area (Å²) >= 11 is 0. The quantitative estimate of drug-likeness (QED) is 0.904. The number of benzene rings is 1. The highest BCUT2D eigenvalue weighted by molar-refractivity contribution is 5.36. The Morgan fingerprint density at radius 2 is 1.81 bits per heavy atom. The number of nitrogens with one attached hydrogen (secondary N) is 1. The van der Waals surface area contributed by atoms with Crippen LogP contribution in [-0.2, 0) is 6.54 Å². The molecule has 0 spiro atoms. The van der Waals surface area contributed by atoms with Gasteiger partial charge in [-0.3, -0.25) is 0 Å². The predicted molar refractivity (Wildman–Crippen MR) is 86.8 cm³/mol. The molecule has 0 saturated carbocycles. The topological polar surface area (TPSA) is 34.1 Å². The van der Waals surface area contributed by atoms with E-state index in [0.29, 0.717) is 5.88 Å². The van der Waals surface area contributed by atoms with Gasteiger partial charge in [-0.15, -0.1) is 0 Å². The number of rotatable bonds is 4. The number of ether oxygens (including phenoxy) is 1. The molecule has 0 unspecified atom stereocenters. The Labute approximate surface area is 127 Å². The van der Waals surface area contributed by atoms with Crippen LogP contribution in [0.2, 0.25) is 0 Å². The number of aromatic nitrogens is 1. The maximum absolute atomic E-state index is 5.92. The third-order valence-corrected chi connectivity index (χ3v) is 3.12. The van der Waals surface area contributed by atoms with Crippen LogP contribution < -0.4 is 10.1 Å². The van der Waals surface area contributed by atoms with Crippen molar-refractivity contribution in [3.63, 3.8) is 0 Å². The molecular formula is C18H24N2O. The minimum atomic E-state index is 0.0915. The lowest BCUT2D eigenvalue weighted by atomic mass is 10.1. The van der Waals surface area contributed by atoms with Gasteiger partial charge in [-0.05, 0) is 57.9 Å². The van der Waals surface area contributed by atoms with Gasteiger partial charge >= 0.3 is 0 Å². The van der Waals surface area contributed by atoms with Crippen molar-refractivity contribution in [2.75, 3.05) is 0 Å². The highest BCUT2D eigenvalue weighted by atomic mass is 16.5. The van der Waals surface area contributed by atoms with E-state index in [1.54, 1.807) is 0 Å². The molecule has 0 atom stereocenters. The molecule has 1 N–H and O–H groups in total. The number of pyridine rings is 1. The van der Waals surface area contributed by atoms with Gasteiger partial charge in [0, 0.05) is 23.8 Å². The van der Waals surface area contributed by atoms with Crippen LogP contribution in [0.1, 0.15) is 37.6 Å². The van der Waals surface area contributed by atoms with E-state index in [1.165, 1.54) is 5.56 Å². The molecule has 2 rings (SSSR count). The molecule has 0 bridgehead atoms. The molecule has 0 radical (unpaired) electrons. The van der Waals surface area contributed by atoms with Crippen LogP contribution in [0.15, 0.2) is 36.4 Å². The van der Waals surface area contributed by atoms with Crippen molar-refractivity contribution >= 4 is 0 Å². The van der Waals surface area contributed by atoms with Crippen LogP contribution in [-0.4, -0.2) is 10.5 Å². The number of aryl methyl sites for hydroxylation is 2. The van der Waals surface area contributed by atoms with Crippen LogP contribution >= 0.6 is 0 Å². The van der Waals surface area contributed by atoms with Crippen molar-refractivity contribution in [3.8, 4) is 11.6 Å². The van der Waals surface area contributed by atoms with E-state index in [0.717, 1.165) is 23.6 Å². The second-order valence-corrected chi connectivity index (χ2v) is 6.43. The maximum atomic E-state index is 5.92. The monoisotopic (exact) mass is 284 g/mol. The molecule has 2 aromatic rings. The third-order valence-electron chi connectivity index (χ3n) is 3.12. The molecule has 0 saturated heterocycles. The molecule has 0 aliphatic heterocycles. The third kappa shape index (κ3) is 4.87. The summed E-state index contributed by atoms with van der Waals surface area (Å²) in [6, 6.07) is 12.1. The fraction of sp³-hybridized carbons (Fsp3) is 0.389. The zero-order valence-electron chi connectivity index (χ0n) is 13.5. The first-order valence-electron chi connectivity index (χ1n) is 7.29. The van der Waals surface area contributed by atoms with Gasteiger partial charge in [0.2, 0.25) is 5.88 Å². The minimum Gasteiger partial charge on any atom is -0.439 e. The smallest absolute Gasteiger partial charge is 0.219 e. The average molecular weight is 284 g/mol. The Morgan fingerprint density at radius 1 is 1.10 bits per heavy atom. The molecule has 112 valence electrons. The van der Waals surface area contributed by atoms with Crippen LogP contribution in [0.25, 0.3) is 0 Å². The van der Waals surface area contributed by atoms with E-state index < -0.39 is 0 Å². The summed E-state index contributed by atoms with van der Waals surface area (Å²) in [7, 11) is 0. The second-order valence-electron chi connectivity index (χ2n) is 6.43. The van der Waals surface area contributed by atoms with Crippen LogP contribution in [0.3, 0.4) is 0 Å². The van der Waals surface area contributed by atoms with Crippen molar-refractivity contribution in [2.45, 2.75) is 46.7 Å². The van der Waals surface area contributed by atoms with E-state index >= 15 is 0 Å². The fourth-order valence-corrected chi connectivity index (χ4v) is 2.01. The number of hydrogen-bond acceptors (Lipinski definition) is 3. The molecule has 0 aliphatic carbocycles. The van der Waals surface area contributed by atoms with Crippen LogP contribution in [0, 0.1) is 13.8 Å². The maximum Gasteiger partial charge on any atom is 0.219 e. The Balaban J connectivity index is 2.17. The lowest BCUT2D eigenvalue weighted by Crippen LogP contribution is -2.35. The van der Waals surface area contributed by atoms with Crippen molar-refractivity contribution < 1.29 is 4.74 Å². The van der Waals surface area contributed by atoms with Crippen molar-refractivity contribution in [2.24, 2.45) is 0 Å². The standard InChI is InChI=1S/C18H24N2O/c1-13-8-6-7-9-16(13)21-17-11-15(10-14(2)20-17)12-19-18(3,4)5/h6-11,19H,12H2,1-5H3. The molecule has 1 aromatic heterocycles. The summed E-state index contributed by atoms with van der Waals surface area (Å²) in [6.45, 7) is 11.3. The minimum absolute atomic E-state index is 0.0915. The summed E-state index contributed by atoms with van der Waals surface area (Å²) in [5.41, 5.74) is 3.34. The normalized spacial score (nSPS) is 11.5. The fourth-order valence-electron chi connectivity index (χ4n) is 2.01. The van der Waals surface area contributed by atoms with E-state index in [1.807, 2.05) is 44.2 Å². The zero-order valence-corrected chi connectivity index (χ0v) is 13.5. The number of nitrogens with zero attached hydrogens (tertiary/aromatic N) is 1. The molecule has 0 fully saturated rings. The SMILES string of the molecule is Cc1cc(CNC(C)(C)C)cc(Oc2ccccc2C)n1.